The molecule has 2 aromatic rings. The molecule has 1 aromatic carbocycles. The summed E-state index contributed by atoms with van der Waals surface area (Å²) >= 11 is 1.66. The van der Waals surface area contributed by atoms with Gasteiger partial charge in [0.2, 0.25) is 0 Å². The van der Waals surface area contributed by atoms with Crippen LogP contribution in [-0.4, -0.2) is 31.9 Å². The van der Waals surface area contributed by atoms with E-state index < -0.39 is 0 Å². The largest absolute Gasteiger partial charge is 0.497 e. The molecular formula is C12H16N2O2S. The van der Waals surface area contributed by atoms with Crippen molar-refractivity contribution in [3.8, 4) is 5.75 Å². The molecule has 92 valence electrons. The number of thiazole rings is 1. The number of hydrogen-bond acceptors (Lipinski definition) is 5. The summed E-state index contributed by atoms with van der Waals surface area (Å²) in [6.07, 6.45) is 0.798. The molecule has 4 nitrogen and oxygen atoms in total. The first-order valence-electron chi connectivity index (χ1n) is 5.43. The molecule has 17 heavy (non-hydrogen) atoms. The Morgan fingerprint density at radius 2 is 2.24 bits per heavy atom. The highest BCUT2D eigenvalue weighted by Gasteiger charge is 2.11. The number of fused-ring (bicyclic) bond motifs is 1. The maximum absolute atomic E-state index is 5.60. The predicted molar refractivity (Wildman–Crippen MR) is 69.7 cm³/mol. The second-order valence-electron chi connectivity index (χ2n) is 3.74. The number of nitrogens with zero attached hydrogens (tertiary/aromatic N) is 1. The van der Waals surface area contributed by atoms with Gasteiger partial charge in [0.1, 0.15) is 5.75 Å². The summed E-state index contributed by atoms with van der Waals surface area (Å²) in [5, 5.41) is 1.05. The van der Waals surface area contributed by atoms with Crippen molar-refractivity contribution in [2.45, 2.75) is 12.5 Å². The van der Waals surface area contributed by atoms with Gasteiger partial charge in [-0.25, -0.2) is 4.98 Å². The van der Waals surface area contributed by atoms with Crippen molar-refractivity contribution >= 4 is 21.6 Å². The Morgan fingerprint density at radius 1 is 1.41 bits per heavy atom. The molecule has 0 aliphatic carbocycles. The average molecular weight is 252 g/mol. The number of ether oxygens (including phenoxy) is 2. The molecule has 0 fully saturated rings. The molecule has 0 radical (unpaired) electrons. The molecule has 0 aliphatic rings. The maximum Gasteiger partial charge on any atom is 0.120 e. The minimum Gasteiger partial charge on any atom is -0.497 e. The number of methoxy groups -OCH3 is 2. The molecule has 0 amide bonds. The Morgan fingerprint density at radius 3 is 2.88 bits per heavy atom. The fourth-order valence-corrected chi connectivity index (χ4v) is 2.69. The van der Waals surface area contributed by atoms with Crippen LogP contribution in [0, 0.1) is 0 Å². The summed E-state index contributed by atoms with van der Waals surface area (Å²) in [6, 6.07) is 5.89. The molecule has 0 aliphatic heterocycles. The minimum atomic E-state index is 0.0393. The van der Waals surface area contributed by atoms with Crippen LogP contribution < -0.4 is 10.5 Å². The van der Waals surface area contributed by atoms with Gasteiger partial charge in [0.15, 0.2) is 0 Å². The van der Waals surface area contributed by atoms with Gasteiger partial charge < -0.3 is 15.2 Å². The molecule has 0 bridgehead atoms. The van der Waals surface area contributed by atoms with Crippen LogP contribution in [0.2, 0.25) is 0 Å². The second-order valence-corrected chi connectivity index (χ2v) is 4.85. The zero-order valence-electron chi connectivity index (χ0n) is 9.97. The van der Waals surface area contributed by atoms with Crippen molar-refractivity contribution in [1.82, 2.24) is 4.98 Å². The molecular weight excluding hydrogens is 236 g/mol. The van der Waals surface area contributed by atoms with Crippen molar-refractivity contribution in [1.29, 1.82) is 0 Å². The molecule has 0 saturated heterocycles. The third-order valence-electron chi connectivity index (χ3n) is 2.64. The molecule has 1 atom stereocenters. The van der Waals surface area contributed by atoms with Gasteiger partial charge in [0.25, 0.3) is 0 Å². The van der Waals surface area contributed by atoms with Crippen LogP contribution in [0.25, 0.3) is 10.2 Å². The summed E-state index contributed by atoms with van der Waals surface area (Å²) in [7, 11) is 3.34. The van der Waals surface area contributed by atoms with Crippen molar-refractivity contribution in [2.75, 3.05) is 20.8 Å². The van der Waals surface area contributed by atoms with E-state index in [1.165, 1.54) is 0 Å². The zero-order chi connectivity index (χ0) is 12.3. The van der Waals surface area contributed by atoms with Gasteiger partial charge >= 0.3 is 0 Å². The number of hydrogen-bond donors (Lipinski definition) is 1. The standard InChI is InChI=1S/C12H16N2O2S/c1-15-8-3-4-10-11(5-8)17-12(14-10)6-9(7-13)16-2/h3-5,9H,6-7,13H2,1-2H3. The zero-order valence-corrected chi connectivity index (χ0v) is 10.8. The van der Waals surface area contributed by atoms with E-state index in [9.17, 15) is 0 Å². The number of benzene rings is 1. The number of aromatic nitrogens is 1. The summed E-state index contributed by atoms with van der Waals surface area (Å²) in [4.78, 5) is 4.55. The Balaban J connectivity index is 2.25. The minimum absolute atomic E-state index is 0.0393. The quantitative estimate of drug-likeness (QED) is 0.882. The normalized spacial score (nSPS) is 12.9. The lowest BCUT2D eigenvalue weighted by atomic mass is 10.2. The molecule has 5 heteroatoms. The summed E-state index contributed by atoms with van der Waals surface area (Å²) < 4.78 is 11.6. The van der Waals surface area contributed by atoms with Gasteiger partial charge in [-0.2, -0.15) is 0 Å². The van der Waals surface area contributed by atoms with Crippen LogP contribution in [0.5, 0.6) is 5.75 Å². The van der Waals surface area contributed by atoms with Gasteiger partial charge in [0, 0.05) is 20.1 Å². The smallest absolute Gasteiger partial charge is 0.120 e. The van der Waals surface area contributed by atoms with E-state index in [1.807, 2.05) is 18.2 Å². The van der Waals surface area contributed by atoms with Crippen molar-refractivity contribution in [2.24, 2.45) is 5.73 Å². The van der Waals surface area contributed by atoms with Crippen LogP contribution in [0.3, 0.4) is 0 Å². The fourth-order valence-electron chi connectivity index (χ4n) is 1.62. The predicted octanol–water partition coefficient (Wildman–Crippen LogP) is 1.82. The summed E-state index contributed by atoms with van der Waals surface area (Å²) in [5.41, 5.74) is 6.60. The molecule has 1 unspecified atom stereocenters. The Kier molecular flexibility index (Phi) is 3.93. The van der Waals surface area contributed by atoms with Crippen LogP contribution in [0.4, 0.5) is 0 Å². The first kappa shape index (κ1) is 12.3. The number of nitrogens with two attached hydrogens (primary N) is 1. The number of rotatable bonds is 5. The van der Waals surface area contributed by atoms with Gasteiger partial charge in [-0.05, 0) is 18.2 Å². The lowest BCUT2D eigenvalue weighted by Crippen LogP contribution is -2.24. The van der Waals surface area contributed by atoms with E-state index in [1.54, 1.807) is 25.6 Å². The van der Waals surface area contributed by atoms with E-state index in [-0.39, 0.29) is 6.10 Å². The molecule has 1 heterocycles. The highest BCUT2D eigenvalue weighted by molar-refractivity contribution is 7.18. The Labute approximate surface area is 104 Å². The van der Waals surface area contributed by atoms with Crippen molar-refractivity contribution in [3.63, 3.8) is 0 Å². The topological polar surface area (TPSA) is 57.4 Å². The van der Waals surface area contributed by atoms with Crippen molar-refractivity contribution < 1.29 is 9.47 Å². The molecule has 1 aromatic heterocycles. The van der Waals surface area contributed by atoms with Gasteiger partial charge in [0.05, 0.1) is 28.4 Å². The summed E-state index contributed by atoms with van der Waals surface area (Å²) in [5.74, 6) is 0.856. The van der Waals surface area contributed by atoms with Crippen LogP contribution in [0.1, 0.15) is 5.01 Å². The summed E-state index contributed by atoms with van der Waals surface area (Å²) in [6.45, 7) is 0.510. The van der Waals surface area contributed by atoms with Crippen LogP contribution >= 0.6 is 11.3 Å². The monoisotopic (exact) mass is 252 g/mol. The van der Waals surface area contributed by atoms with E-state index >= 15 is 0 Å². The first-order valence-corrected chi connectivity index (χ1v) is 6.24. The van der Waals surface area contributed by atoms with Gasteiger partial charge in [-0.3, -0.25) is 0 Å². The maximum atomic E-state index is 5.60. The van der Waals surface area contributed by atoms with Crippen LogP contribution in [0.15, 0.2) is 18.2 Å². The Hall–Kier alpha value is -1.17. The van der Waals surface area contributed by atoms with Gasteiger partial charge in [-0.1, -0.05) is 0 Å². The Bertz CT molecular complexity index is 494. The second kappa shape index (κ2) is 5.44. The molecule has 2 rings (SSSR count). The van der Waals surface area contributed by atoms with Gasteiger partial charge in [-0.15, -0.1) is 11.3 Å². The SMILES string of the molecule is COc1ccc2nc(CC(CN)OC)sc2c1. The highest BCUT2D eigenvalue weighted by atomic mass is 32.1. The fraction of sp³-hybridized carbons (Fsp3) is 0.417. The van der Waals surface area contributed by atoms with E-state index in [4.69, 9.17) is 15.2 Å². The third-order valence-corrected chi connectivity index (χ3v) is 3.68. The van der Waals surface area contributed by atoms with Crippen LogP contribution in [-0.2, 0) is 11.2 Å². The molecule has 0 saturated carbocycles. The van der Waals surface area contributed by atoms with E-state index in [0.29, 0.717) is 6.54 Å². The average Bonchev–Trinajstić information content (AvgIpc) is 2.76. The van der Waals surface area contributed by atoms with E-state index in [0.717, 1.165) is 27.4 Å². The molecule has 2 N–H and O–H groups in total. The lowest BCUT2D eigenvalue weighted by Gasteiger charge is -2.09. The van der Waals surface area contributed by atoms with E-state index in [2.05, 4.69) is 4.98 Å². The molecule has 0 spiro atoms. The third kappa shape index (κ3) is 2.74. The highest BCUT2D eigenvalue weighted by Crippen LogP contribution is 2.27. The first-order chi connectivity index (χ1) is 8.26. The lowest BCUT2D eigenvalue weighted by molar-refractivity contribution is 0.110. The van der Waals surface area contributed by atoms with Crippen molar-refractivity contribution in [3.05, 3.63) is 23.2 Å².